The number of nitrogens with two attached hydrogens (primary N) is 1. The summed E-state index contributed by atoms with van der Waals surface area (Å²) in [7, 11) is 0. The fraction of sp³-hybridized carbons (Fsp3) is 0.533. The van der Waals surface area contributed by atoms with Crippen LogP contribution in [0.15, 0.2) is 18.2 Å². The molecule has 0 heterocycles. The van der Waals surface area contributed by atoms with Crippen LogP contribution in [0.2, 0.25) is 0 Å². The summed E-state index contributed by atoms with van der Waals surface area (Å²) >= 11 is 0. The topological polar surface area (TPSA) is 55.1 Å². The molecule has 1 aromatic rings. The molecule has 0 atom stereocenters. The predicted octanol–water partition coefficient (Wildman–Crippen LogP) is 2.94. The number of anilines is 1. The Morgan fingerprint density at radius 1 is 1.39 bits per heavy atom. The van der Waals surface area contributed by atoms with E-state index >= 15 is 0 Å². The van der Waals surface area contributed by atoms with Crippen molar-refractivity contribution in [3.63, 3.8) is 0 Å². The molecule has 0 bridgehead atoms. The summed E-state index contributed by atoms with van der Waals surface area (Å²) in [4.78, 5) is 11.1. The summed E-state index contributed by atoms with van der Waals surface area (Å²) in [5.41, 5.74) is 8.04. The molecular formula is C15H22N2O. The fourth-order valence-corrected chi connectivity index (χ4v) is 2.52. The first-order valence-corrected chi connectivity index (χ1v) is 6.64. The highest BCUT2D eigenvalue weighted by Gasteiger charge is 2.31. The van der Waals surface area contributed by atoms with Crippen LogP contribution in [0.3, 0.4) is 0 Å². The molecule has 0 saturated heterocycles. The maximum absolute atomic E-state index is 11.1. The van der Waals surface area contributed by atoms with E-state index in [1.807, 2.05) is 19.1 Å². The lowest BCUT2D eigenvalue weighted by Crippen LogP contribution is -2.38. The van der Waals surface area contributed by atoms with E-state index in [9.17, 15) is 4.79 Å². The molecule has 18 heavy (non-hydrogen) atoms. The van der Waals surface area contributed by atoms with Gasteiger partial charge in [-0.25, -0.2) is 0 Å². The number of hydrogen-bond donors (Lipinski definition) is 2. The molecule has 1 saturated carbocycles. The van der Waals surface area contributed by atoms with Crippen molar-refractivity contribution in [1.29, 1.82) is 0 Å². The molecule has 1 amide bonds. The van der Waals surface area contributed by atoms with Gasteiger partial charge in [0, 0.05) is 17.3 Å². The molecular weight excluding hydrogens is 224 g/mol. The number of benzene rings is 1. The van der Waals surface area contributed by atoms with E-state index in [1.54, 1.807) is 6.07 Å². The maximum atomic E-state index is 11.1. The molecule has 0 spiro atoms. The molecule has 0 radical (unpaired) electrons. The molecule has 1 aromatic carbocycles. The molecule has 1 aliphatic carbocycles. The number of nitrogens with one attached hydrogen (secondary N) is 1. The number of carbonyl (C=O) groups excluding carboxylic acids is 1. The number of aryl methyl sites for hydroxylation is 1. The van der Waals surface area contributed by atoms with Crippen LogP contribution < -0.4 is 11.1 Å². The van der Waals surface area contributed by atoms with Gasteiger partial charge in [-0.3, -0.25) is 4.79 Å². The van der Waals surface area contributed by atoms with E-state index in [0.29, 0.717) is 11.6 Å². The van der Waals surface area contributed by atoms with E-state index < -0.39 is 0 Å². The van der Waals surface area contributed by atoms with Crippen molar-refractivity contribution in [2.75, 3.05) is 5.32 Å². The second-order valence-electron chi connectivity index (χ2n) is 5.71. The van der Waals surface area contributed by atoms with E-state index in [1.165, 1.54) is 12.8 Å². The third-order valence-corrected chi connectivity index (χ3v) is 3.99. The van der Waals surface area contributed by atoms with Crippen molar-refractivity contribution in [2.24, 2.45) is 17.6 Å². The van der Waals surface area contributed by atoms with Gasteiger partial charge in [-0.2, -0.15) is 0 Å². The Morgan fingerprint density at radius 3 is 2.56 bits per heavy atom. The van der Waals surface area contributed by atoms with Gasteiger partial charge in [-0.15, -0.1) is 0 Å². The molecule has 0 aromatic heterocycles. The zero-order chi connectivity index (χ0) is 13.3. The number of hydrogen-bond acceptors (Lipinski definition) is 2. The zero-order valence-corrected chi connectivity index (χ0v) is 11.4. The number of carbonyl (C=O) groups is 1. The lowest BCUT2D eigenvalue weighted by Gasteiger charge is -2.39. The van der Waals surface area contributed by atoms with Crippen molar-refractivity contribution < 1.29 is 4.79 Å². The Hall–Kier alpha value is -1.51. The van der Waals surface area contributed by atoms with Gasteiger partial charge >= 0.3 is 0 Å². The van der Waals surface area contributed by atoms with Gasteiger partial charge in [0.25, 0.3) is 0 Å². The van der Waals surface area contributed by atoms with E-state index in [-0.39, 0.29) is 5.91 Å². The highest BCUT2D eigenvalue weighted by molar-refractivity contribution is 5.93. The minimum absolute atomic E-state index is 0.367. The Labute approximate surface area is 109 Å². The average Bonchev–Trinajstić information content (AvgIpc) is 2.23. The Morgan fingerprint density at radius 2 is 2.06 bits per heavy atom. The smallest absolute Gasteiger partial charge is 0.248 e. The summed E-state index contributed by atoms with van der Waals surface area (Å²) in [5, 5.41) is 3.55. The SMILES string of the molecule is Cc1cc(C(N)=O)ccc1NC1CC(C(C)C)C1. The molecule has 0 aliphatic heterocycles. The second kappa shape index (κ2) is 5.01. The Kier molecular flexibility index (Phi) is 3.60. The van der Waals surface area contributed by atoms with Crippen molar-refractivity contribution in [3.8, 4) is 0 Å². The third-order valence-electron chi connectivity index (χ3n) is 3.99. The molecule has 1 aliphatic rings. The summed E-state index contributed by atoms with van der Waals surface area (Å²) in [5.74, 6) is 1.27. The minimum Gasteiger partial charge on any atom is -0.382 e. The summed E-state index contributed by atoms with van der Waals surface area (Å²) in [6.45, 7) is 6.58. The first kappa shape index (κ1) is 12.9. The van der Waals surface area contributed by atoms with Crippen LogP contribution in [0.25, 0.3) is 0 Å². The van der Waals surface area contributed by atoms with Crippen molar-refractivity contribution >= 4 is 11.6 Å². The second-order valence-corrected chi connectivity index (χ2v) is 5.71. The van der Waals surface area contributed by atoms with E-state index in [2.05, 4.69) is 19.2 Å². The number of rotatable bonds is 4. The largest absolute Gasteiger partial charge is 0.382 e. The predicted molar refractivity (Wildman–Crippen MR) is 74.7 cm³/mol. The van der Waals surface area contributed by atoms with Gasteiger partial charge in [0.05, 0.1) is 0 Å². The monoisotopic (exact) mass is 246 g/mol. The van der Waals surface area contributed by atoms with Crippen LogP contribution in [0, 0.1) is 18.8 Å². The van der Waals surface area contributed by atoms with Crippen molar-refractivity contribution in [2.45, 2.75) is 39.7 Å². The Balaban J connectivity index is 1.97. The standard InChI is InChI=1S/C15H22N2O/c1-9(2)12-7-13(8-12)17-14-5-4-11(15(16)18)6-10(14)3/h4-6,9,12-13,17H,7-8H2,1-3H3,(H2,16,18). The van der Waals surface area contributed by atoms with Crippen LogP contribution in [0.5, 0.6) is 0 Å². The molecule has 0 unspecified atom stereocenters. The summed E-state index contributed by atoms with van der Waals surface area (Å²) in [6, 6.07) is 6.17. The maximum Gasteiger partial charge on any atom is 0.248 e. The average molecular weight is 246 g/mol. The summed E-state index contributed by atoms with van der Waals surface area (Å²) in [6.07, 6.45) is 2.49. The molecule has 3 heteroatoms. The lowest BCUT2D eigenvalue weighted by atomic mass is 9.73. The highest BCUT2D eigenvalue weighted by Crippen LogP contribution is 2.36. The van der Waals surface area contributed by atoms with Crippen LogP contribution in [0.1, 0.15) is 42.6 Å². The number of primary amides is 1. The van der Waals surface area contributed by atoms with Gasteiger partial charge in [0.1, 0.15) is 0 Å². The quantitative estimate of drug-likeness (QED) is 0.858. The van der Waals surface area contributed by atoms with Crippen molar-refractivity contribution in [1.82, 2.24) is 0 Å². The van der Waals surface area contributed by atoms with Crippen LogP contribution in [0.4, 0.5) is 5.69 Å². The normalized spacial score (nSPS) is 22.7. The van der Waals surface area contributed by atoms with Gasteiger partial charge < -0.3 is 11.1 Å². The molecule has 2 rings (SSSR count). The molecule has 1 fully saturated rings. The van der Waals surface area contributed by atoms with Gasteiger partial charge in [-0.1, -0.05) is 13.8 Å². The minimum atomic E-state index is -0.367. The van der Waals surface area contributed by atoms with Gasteiger partial charge in [-0.05, 0) is 55.4 Å². The zero-order valence-electron chi connectivity index (χ0n) is 11.4. The van der Waals surface area contributed by atoms with Crippen LogP contribution in [-0.2, 0) is 0 Å². The molecule has 3 N–H and O–H groups in total. The van der Waals surface area contributed by atoms with E-state index in [0.717, 1.165) is 23.1 Å². The third kappa shape index (κ3) is 2.66. The highest BCUT2D eigenvalue weighted by atomic mass is 16.1. The number of amides is 1. The molecule has 98 valence electrons. The van der Waals surface area contributed by atoms with Gasteiger partial charge in [0.2, 0.25) is 5.91 Å². The summed E-state index contributed by atoms with van der Waals surface area (Å²) < 4.78 is 0. The Bertz CT molecular complexity index is 448. The fourth-order valence-electron chi connectivity index (χ4n) is 2.52. The van der Waals surface area contributed by atoms with Crippen LogP contribution >= 0.6 is 0 Å². The van der Waals surface area contributed by atoms with Gasteiger partial charge in [0.15, 0.2) is 0 Å². The first-order valence-electron chi connectivity index (χ1n) is 6.64. The molecule has 3 nitrogen and oxygen atoms in total. The van der Waals surface area contributed by atoms with Crippen LogP contribution in [-0.4, -0.2) is 11.9 Å². The lowest BCUT2D eigenvalue weighted by molar-refractivity contribution is 0.1000. The van der Waals surface area contributed by atoms with E-state index in [4.69, 9.17) is 5.73 Å². The first-order chi connectivity index (χ1) is 8.47. The van der Waals surface area contributed by atoms with Crippen molar-refractivity contribution in [3.05, 3.63) is 29.3 Å².